The van der Waals surface area contributed by atoms with Gasteiger partial charge in [-0.1, -0.05) is 24.3 Å². The number of carboxylic acid groups (broad SMARTS) is 1. The summed E-state index contributed by atoms with van der Waals surface area (Å²) in [4.78, 5) is 34.5. The lowest BCUT2D eigenvalue weighted by molar-refractivity contribution is -0.384. The van der Waals surface area contributed by atoms with E-state index in [1.807, 2.05) is 4.72 Å². The number of fused-ring (bicyclic) bond motifs is 3. The summed E-state index contributed by atoms with van der Waals surface area (Å²) in [6, 6.07) is 15.3. The minimum atomic E-state index is -4.43. The summed E-state index contributed by atoms with van der Waals surface area (Å²) in [6.45, 7) is 0.887. The highest BCUT2D eigenvalue weighted by molar-refractivity contribution is 7.90. The number of hydrogen-bond donors (Lipinski definition) is 4. The van der Waals surface area contributed by atoms with Crippen molar-refractivity contribution in [3.8, 4) is 11.1 Å². The van der Waals surface area contributed by atoms with Crippen molar-refractivity contribution in [2.45, 2.75) is 43.4 Å². The van der Waals surface area contributed by atoms with Crippen LogP contribution in [0.2, 0.25) is 0 Å². The van der Waals surface area contributed by atoms with Gasteiger partial charge in [-0.25, -0.2) is 22.3 Å². The van der Waals surface area contributed by atoms with Crippen molar-refractivity contribution in [3.63, 3.8) is 0 Å². The van der Waals surface area contributed by atoms with Crippen LogP contribution in [-0.2, 0) is 10.0 Å². The number of anilines is 1. The van der Waals surface area contributed by atoms with Crippen LogP contribution in [0.4, 0.5) is 20.6 Å². The Bertz CT molecular complexity index is 1640. The Balaban J connectivity index is 1.24. The molecule has 0 unspecified atom stereocenters. The number of amides is 2. The molecule has 3 aliphatic rings. The highest BCUT2D eigenvalue weighted by Gasteiger charge is 2.48. The Morgan fingerprint density at radius 3 is 1.93 bits per heavy atom. The molecule has 13 heteroatoms. The van der Waals surface area contributed by atoms with Crippen molar-refractivity contribution in [1.29, 1.82) is 0 Å². The van der Waals surface area contributed by atoms with Crippen molar-refractivity contribution in [3.05, 3.63) is 88.2 Å². The summed E-state index contributed by atoms with van der Waals surface area (Å²) >= 11 is 0. The fourth-order valence-corrected chi connectivity index (χ4v) is 7.09. The monoisotopic (exact) mass is 610 g/mol. The predicted octanol–water partition coefficient (Wildman–Crippen LogP) is 5.54. The van der Waals surface area contributed by atoms with Crippen LogP contribution in [0.5, 0.6) is 0 Å². The van der Waals surface area contributed by atoms with E-state index in [1.54, 1.807) is 24.3 Å². The van der Waals surface area contributed by atoms with Gasteiger partial charge in [-0.15, -0.1) is 0 Å². The first-order valence-electron chi connectivity index (χ1n) is 13.8. The normalized spacial score (nSPS) is 21.1. The Hall–Kier alpha value is -4.52. The highest BCUT2D eigenvalue weighted by Crippen LogP contribution is 2.56. The van der Waals surface area contributed by atoms with Gasteiger partial charge in [-0.2, -0.15) is 0 Å². The van der Waals surface area contributed by atoms with Crippen molar-refractivity contribution >= 4 is 33.4 Å². The average molecular weight is 611 g/mol. The number of nitro groups is 1. The molecule has 0 heterocycles. The van der Waals surface area contributed by atoms with Gasteiger partial charge in [-0.3, -0.25) is 14.9 Å². The number of nitrogens with zero attached hydrogens (tertiary/aromatic N) is 1. The molecule has 226 valence electrons. The maximum absolute atomic E-state index is 13.2. The van der Waals surface area contributed by atoms with Crippen LogP contribution >= 0.6 is 0 Å². The van der Waals surface area contributed by atoms with Crippen molar-refractivity contribution in [2.24, 2.45) is 10.8 Å². The maximum Gasteiger partial charge on any atom is 0.404 e. The molecule has 3 saturated carbocycles. The van der Waals surface area contributed by atoms with E-state index in [0.29, 0.717) is 18.7 Å². The van der Waals surface area contributed by atoms with Crippen LogP contribution in [0.1, 0.15) is 48.9 Å². The summed E-state index contributed by atoms with van der Waals surface area (Å²) in [5.41, 5.74) is 1.10. The van der Waals surface area contributed by atoms with Crippen LogP contribution in [0.15, 0.2) is 71.6 Å². The van der Waals surface area contributed by atoms with E-state index in [-0.39, 0.29) is 27.9 Å². The fraction of sp³-hybridized carbons (Fsp3) is 0.333. The Labute approximate surface area is 247 Å². The molecule has 43 heavy (non-hydrogen) atoms. The molecule has 0 radical (unpaired) electrons. The molecule has 3 aromatic carbocycles. The lowest BCUT2D eigenvalue weighted by Gasteiger charge is -2.53. The molecule has 3 fully saturated rings. The smallest absolute Gasteiger partial charge is 0.404 e. The molecule has 0 aliphatic heterocycles. The summed E-state index contributed by atoms with van der Waals surface area (Å²) in [5.74, 6) is -1.29. The van der Waals surface area contributed by atoms with E-state index in [9.17, 15) is 32.5 Å². The standard InChI is InChI=1S/C30H31FN4O7S/c31-23-7-5-21(6-8-23)20-1-3-22(4-2-20)27(36)34-43(41,42)24-9-10-25(26(17-24)35(39)40)32-18-29-11-14-30(15-12-29,16-13-29)19-33-28(37)38/h1-10,17,32-33H,11-16,18-19H2,(H,34,36)(H,37,38). The maximum atomic E-state index is 13.2. The van der Waals surface area contributed by atoms with Crippen molar-refractivity contribution in [1.82, 2.24) is 10.0 Å². The quantitative estimate of drug-likeness (QED) is 0.171. The van der Waals surface area contributed by atoms with Gasteiger partial charge in [-0.05, 0) is 96.9 Å². The predicted molar refractivity (Wildman–Crippen MR) is 157 cm³/mol. The van der Waals surface area contributed by atoms with Crippen LogP contribution < -0.4 is 15.4 Å². The third-order valence-electron chi connectivity index (χ3n) is 8.85. The number of benzene rings is 3. The van der Waals surface area contributed by atoms with E-state index in [4.69, 9.17) is 5.11 Å². The first-order valence-corrected chi connectivity index (χ1v) is 15.3. The number of sulfonamides is 1. The number of halogens is 1. The molecule has 2 bridgehead atoms. The van der Waals surface area contributed by atoms with Gasteiger partial charge in [0, 0.05) is 24.7 Å². The summed E-state index contributed by atoms with van der Waals surface area (Å²) in [5, 5.41) is 26.5. The van der Waals surface area contributed by atoms with Crippen LogP contribution in [-0.4, -0.2) is 43.5 Å². The lowest BCUT2D eigenvalue weighted by Crippen LogP contribution is -2.49. The topological polar surface area (TPSA) is 168 Å². The molecule has 3 aliphatic carbocycles. The zero-order chi connectivity index (χ0) is 30.8. The number of nitro benzene ring substituents is 1. The highest BCUT2D eigenvalue weighted by atomic mass is 32.2. The minimum Gasteiger partial charge on any atom is -0.465 e. The molecule has 0 atom stereocenters. The SMILES string of the molecule is O=C(O)NCC12CCC(CNc3ccc(S(=O)(=O)NC(=O)c4ccc(-c5ccc(F)cc5)cc4)cc3[N+](=O)[O-])(CC1)CC2. The number of hydrogen-bond acceptors (Lipinski definition) is 7. The van der Waals surface area contributed by atoms with Gasteiger partial charge < -0.3 is 15.7 Å². The number of carbonyl (C=O) groups excluding carboxylic acids is 1. The van der Waals surface area contributed by atoms with E-state index in [0.717, 1.165) is 50.2 Å². The van der Waals surface area contributed by atoms with Crippen molar-refractivity contribution < 1.29 is 32.4 Å². The second-order valence-electron chi connectivity index (χ2n) is 11.5. The third-order valence-corrected chi connectivity index (χ3v) is 10.2. The first-order chi connectivity index (χ1) is 20.4. The summed E-state index contributed by atoms with van der Waals surface area (Å²) < 4.78 is 41.2. The molecule has 11 nitrogen and oxygen atoms in total. The number of rotatable bonds is 10. The summed E-state index contributed by atoms with van der Waals surface area (Å²) in [6.07, 6.45) is 4.14. The third kappa shape index (κ3) is 6.61. The average Bonchev–Trinajstić information content (AvgIpc) is 3.00. The second kappa shape index (κ2) is 11.6. The molecule has 0 aromatic heterocycles. The van der Waals surface area contributed by atoms with Gasteiger partial charge in [0.25, 0.3) is 21.6 Å². The Morgan fingerprint density at radius 1 is 0.860 bits per heavy atom. The zero-order valence-electron chi connectivity index (χ0n) is 23.1. The van der Waals surface area contributed by atoms with Crippen LogP contribution in [0, 0.1) is 26.8 Å². The van der Waals surface area contributed by atoms with Crippen LogP contribution in [0.3, 0.4) is 0 Å². The zero-order valence-corrected chi connectivity index (χ0v) is 24.0. The first kappa shape index (κ1) is 30.0. The Morgan fingerprint density at radius 2 is 1.40 bits per heavy atom. The second-order valence-corrected chi connectivity index (χ2v) is 13.1. The largest absolute Gasteiger partial charge is 0.465 e. The molecular weight excluding hydrogens is 579 g/mol. The minimum absolute atomic E-state index is 0.0444. The lowest BCUT2D eigenvalue weighted by atomic mass is 9.53. The molecule has 0 saturated heterocycles. The van der Waals surface area contributed by atoms with Gasteiger partial charge in [0.1, 0.15) is 11.5 Å². The van der Waals surface area contributed by atoms with Gasteiger partial charge in [0.2, 0.25) is 0 Å². The molecule has 0 spiro atoms. The number of carbonyl (C=O) groups is 2. The molecule has 3 aromatic rings. The van der Waals surface area contributed by atoms with E-state index in [2.05, 4.69) is 10.6 Å². The van der Waals surface area contributed by atoms with Gasteiger partial charge >= 0.3 is 6.09 Å². The molecular formula is C30H31FN4O7S. The number of nitrogens with one attached hydrogen (secondary N) is 3. The molecule has 4 N–H and O–H groups in total. The van der Waals surface area contributed by atoms with Crippen molar-refractivity contribution in [2.75, 3.05) is 18.4 Å². The van der Waals surface area contributed by atoms with E-state index in [1.165, 1.54) is 36.4 Å². The summed E-state index contributed by atoms with van der Waals surface area (Å²) in [7, 11) is -4.43. The van der Waals surface area contributed by atoms with Gasteiger partial charge in [0.05, 0.1) is 9.82 Å². The van der Waals surface area contributed by atoms with E-state index >= 15 is 0 Å². The Kier molecular flexibility index (Phi) is 8.10. The molecule has 6 rings (SSSR count). The van der Waals surface area contributed by atoms with Crippen LogP contribution in [0.25, 0.3) is 11.1 Å². The van der Waals surface area contributed by atoms with E-state index < -0.39 is 37.5 Å². The van der Waals surface area contributed by atoms with Gasteiger partial charge in [0.15, 0.2) is 0 Å². The molecule has 2 amide bonds. The fourth-order valence-electron chi connectivity index (χ4n) is 6.09.